The number of imide groups is 1. The van der Waals surface area contributed by atoms with Gasteiger partial charge in [0.1, 0.15) is 0 Å². The summed E-state index contributed by atoms with van der Waals surface area (Å²) in [5.74, 6) is 1.29. The normalized spacial score (nSPS) is 12.1. The van der Waals surface area contributed by atoms with Crippen molar-refractivity contribution in [2.75, 3.05) is 11.5 Å². The summed E-state index contributed by atoms with van der Waals surface area (Å²) in [6, 6.07) is -0.600. The molecule has 1 unspecified atom stereocenters. The minimum atomic E-state index is -0.796. The third kappa shape index (κ3) is 9.34. The average Bonchev–Trinajstić information content (AvgIpc) is 2.01. The largest absolute Gasteiger partial charge is 0.351 e. The molecule has 5 nitrogen and oxygen atoms in total. The van der Waals surface area contributed by atoms with Crippen molar-refractivity contribution >= 4 is 23.7 Å². The Labute approximate surface area is 88.0 Å². The van der Waals surface area contributed by atoms with Crippen molar-refractivity contribution in [2.24, 2.45) is 11.5 Å². The molecule has 0 heterocycles. The number of carbonyl (C=O) groups excluding carboxylic acids is 2. The SMILES string of the molecule is CC(N)CCSCCC(=O)NC(N)=O. The fraction of sp³-hybridized carbons (Fsp3) is 0.750. The molecule has 0 aromatic rings. The molecule has 0 aromatic carbocycles. The molecule has 14 heavy (non-hydrogen) atoms. The first kappa shape index (κ1) is 13.2. The molecule has 5 N–H and O–H groups in total. The van der Waals surface area contributed by atoms with Gasteiger partial charge in [0.2, 0.25) is 5.91 Å². The van der Waals surface area contributed by atoms with Gasteiger partial charge in [-0.2, -0.15) is 11.8 Å². The summed E-state index contributed by atoms with van der Waals surface area (Å²) in [7, 11) is 0. The highest BCUT2D eigenvalue weighted by Gasteiger charge is 2.03. The summed E-state index contributed by atoms with van der Waals surface area (Å²) in [5, 5.41) is 2.00. The predicted octanol–water partition coefficient (Wildman–Crippen LogP) is 0.0419. The third-order valence-corrected chi connectivity index (χ3v) is 2.47. The van der Waals surface area contributed by atoms with Crippen LogP contribution in [0.15, 0.2) is 0 Å². The number of thioether (sulfide) groups is 1. The van der Waals surface area contributed by atoms with E-state index in [1.807, 2.05) is 12.2 Å². The van der Waals surface area contributed by atoms with Crippen LogP contribution in [0, 0.1) is 0 Å². The minimum Gasteiger partial charge on any atom is -0.351 e. The van der Waals surface area contributed by atoms with E-state index in [1.165, 1.54) is 0 Å². The molecule has 0 bridgehead atoms. The van der Waals surface area contributed by atoms with Crippen LogP contribution in [0.5, 0.6) is 0 Å². The number of primary amides is 1. The lowest BCUT2D eigenvalue weighted by Gasteiger charge is -2.04. The number of rotatable bonds is 6. The first-order valence-electron chi connectivity index (χ1n) is 4.45. The van der Waals surface area contributed by atoms with E-state index in [-0.39, 0.29) is 11.9 Å². The number of carbonyl (C=O) groups is 2. The summed E-state index contributed by atoms with van der Waals surface area (Å²) in [5.41, 5.74) is 10.3. The fourth-order valence-electron chi connectivity index (χ4n) is 0.736. The molecule has 0 aromatic heterocycles. The van der Waals surface area contributed by atoms with Crippen LogP contribution >= 0.6 is 11.8 Å². The van der Waals surface area contributed by atoms with Crippen molar-refractivity contribution in [3.63, 3.8) is 0 Å². The zero-order chi connectivity index (χ0) is 11.0. The second-order valence-electron chi connectivity index (χ2n) is 3.04. The molecule has 0 saturated carbocycles. The monoisotopic (exact) mass is 219 g/mol. The van der Waals surface area contributed by atoms with Crippen molar-refractivity contribution in [3.8, 4) is 0 Å². The maximum Gasteiger partial charge on any atom is 0.318 e. The number of urea groups is 1. The molecule has 0 fully saturated rings. The first-order chi connectivity index (χ1) is 6.52. The predicted molar refractivity (Wildman–Crippen MR) is 57.9 cm³/mol. The zero-order valence-electron chi connectivity index (χ0n) is 8.29. The van der Waals surface area contributed by atoms with Gasteiger partial charge in [0.15, 0.2) is 0 Å². The Hall–Kier alpha value is -0.750. The molecule has 0 aliphatic rings. The van der Waals surface area contributed by atoms with E-state index < -0.39 is 6.03 Å². The lowest BCUT2D eigenvalue weighted by Crippen LogP contribution is -2.35. The van der Waals surface area contributed by atoms with E-state index in [0.717, 1.165) is 12.2 Å². The second-order valence-corrected chi connectivity index (χ2v) is 4.27. The molecular weight excluding hydrogens is 202 g/mol. The van der Waals surface area contributed by atoms with Gasteiger partial charge < -0.3 is 11.5 Å². The molecule has 0 aliphatic carbocycles. The summed E-state index contributed by atoms with van der Waals surface area (Å²) < 4.78 is 0. The van der Waals surface area contributed by atoms with Crippen molar-refractivity contribution in [3.05, 3.63) is 0 Å². The van der Waals surface area contributed by atoms with Crippen LogP contribution in [0.25, 0.3) is 0 Å². The summed E-state index contributed by atoms with van der Waals surface area (Å²) in [6.07, 6.45) is 1.24. The van der Waals surface area contributed by atoms with Gasteiger partial charge in [-0.15, -0.1) is 0 Å². The van der Waals surface area contributed by atoms with Crippen LogP contribution in [-0.4, -0.2) is 29.5 Å². The molecule has 3 amide bonds. The van der Waals surface area contributed by atoms with Gasteiger partial charge in [0.25, 0.3) is 0 Å². The number of nitrogens with one attached hydrogen (secondary N) is 1. The lowest BCUT2D eigenvalue weighted by atomic mass is 10.3. The topological polar surface area (TPSA) is 98.2 Å². The van der Waals surface area contributed by atoms with Gasteiger partial charge in [0.05, 0.1) is 0 Å². The van der Waals surface area contributed by atoms with Gasteiger partial charge in [-0.05, 0) is 19.1 Å². The van der Waals surface area contributed by atoms with E-state index in [0.29, 0.717) is 12.2 Å². The Balaban J connectivity index is 3.27. The highest BCUT2D eigenvalue weighted by Crippen LogP contribution is 2.05. The summed E-state index contributed by atoms with van der Waals surface area (Å²) in [4.78, 5) is 21.2. The number of hydrogen-bond donors (Lipinski definition) is 3. The molecule has 1 atom stereocenters. The molecule has 0 saturated heterocycles. The molecule has 0 rings (SSSR count). The van der Waals surface area contributed by atoms with E-state index in [1.54, 1.807) is 11.8 Å². The Kier molecular flexibility index (Phi) is 7.23. The van der Waals surface area contributed by atoms with Gasteiger partial charge in [-0.1, -0.05) is 0 Å². The Morgan fingerprint density at radius 3 is 2.57 bits per heavy atom. The summed E-state index contributed by atoms with van der Waals surface area (Å²) in [6.45, 7) is 1.94. The van der Waals surface area contributed by atoms with Crippen LogP contribution in [0.1, 0.15) is 19.8 Å². The highest BCUT2D eigenvalue weighted by molar-refractivity contribution is 7.99. The Morgan fingerprint density at radius 2 is 2.07 bits per heavy atom. The van der Waals surface area contributed by atoms with Gasteiger partial charge in [-0.3, -0.25) is 10.1 Å². The average molecular weight is 219 g/mol. The quantitative estimate of drug-likeness (QED) is 0.549. The second kappa shape index (κ2) is 7.64. The van der Waals surface area contributed by atoms with E-state index in [9.17, 15) is 9.59 Å². The van der Waals surface area contributed by atoms with Crippen LogP contribution in [0.2, 0.25) is 0 Å². The van der Waals surface area contributed by atoms with E-state index in [4.69, 9.17) is 11.5 Å². The van der Waals surface area contributed by atoms with E-state index >= 15 is 0 Å². The van der Waals surface area contributed by atoms with Crippen LogP contribution in [-0.2, 0) is 4.79 Å². The van der Waals surface area contributed by atoms with Crippen molar-refractivity contribution in [1.82, 2.24) is 5.32 Å². The number of hydrogen-bond acceptors (Lipinski definition) is 4. The minimum absolute atomic E-state index is 0.196. The smallest absolute Gasteiger partial charge is 0.318 e. The van der Waals surface area contributed by atoms with Crippen molar-refractivity contribution in [1.29, 1.82) is 0 Å². The van der Waals surface area contributed by atoms with Crippen molar-refractivity contribution < 1.29 is 9.59 Å². The molecule has 0 radical (unpaired) electrons. The van der Waals surface area contributed by atoms with Gasteiger partial charge in [-0.25, -0.2) is 4.79 Å². The maximum atomic E-state index is 10.9. The van der Waals surface area contributed by atoms with Gasteiger partial charge in [0, 0.05) is 18.2 Å². The van der Waals surface area contributed by atoms with Crippen molar-refractivity contribution in [2.45, 2.75) is 25.8 Å². The Morgan fingerprint density at radius 1 is 1.43 bits per heavy atom. The van der Waals surface area contributed by atoms with Gasteiger partial charge >= 0.3 is 6.03 Å². The van der Waals surface area contributed by atoms with Crippen LogP contribution in [0.3, 0.4) is 0 Å². The highest BCUT2D eigenvalue weighted by atomic mass is 32.2. The molecule has 0 spiro atoms. The molecular formula is C8H17N3O2S. The molecule has 82 valence electrons. The molecule has 6 heteroatoms. The molecule has 0 aliphatic heterocycles. The van der Waals surface area contributed by atoms with Crippen LogP contribution < -0.4 is 16.8 Å². The lowest BCUT2D eigenvalue weighted by molar-refractivity contribution is -0.119. The Bertz CT molecular complexity index is 197. The third-order valence-electron chi connectivity index (χ3n) is 1.45. The fourth-order valence-corrected chi connectivity index (χ4v) is 1.81. The maximum absolute atomic E-state index is 10.9. The van der Waals surface area contributed by atoms with Crippen LogP contribution in [0.4, 0.5) is 4.79 Å². The van der Waals surface area contributed by atoms with E-state index in [2.05, 4.69) is 0 Å². The number of amides is 3. The first-order valence-corrected chi connectivity index (χ1v) is 5.60. The standard InChI is InChI=1S/C8H17N3O2S/c1-6(9)2-4-14-5-3-7(12)11-8(10)13/h6H,2-5,9H2,1H3,(H3,10,11,12,13). The summed E-state index contributed by atoms with van der Waals surface area (Å²) >= 11 is 1.64. The zero-order valence-corrected chi connectivity index (χ0v) is 9.10. The number of nitrogens with two attached hydrogens (primary N) is 2.